The zero-order chi connectivity index (χ0) is 4.57. The lowest BCUT2D eigenvalue weighted by Crippen LogP contribution is -2.05. The van der Waals surface area contributed by atoms with Crippen LogP contribution in [0.3, 0.4) is 0 Å². The highest BCUT2D eigenvalue weighted by Crippen LogP contribution is 1.85. The summed E-state index contributed by atoms with van der Waals surface area (Å²) >= 11 is 1.88. The first-order valence-corrected chi connectivity index (χ1v) is 2.31. The van der Waals surface area contributed by atoms with Crippen molar-refractivity contribution in [1.29, 1.82) is 0 Å². The Labute approximate surface area is 47.4 Å². The van der Waals surface area contributed by atoms with Crippen LogP contribution in [0.4, 0.5) is 0 Å². The summed E-state index contributed by atoms with van der Waals surface area (Å²) in [6, 6.07) is 0. The Kier molecular flexibility index (Phi) is 0.717. The molecule has 0 bridgehead atoms. The molecule has 1 aromatic rings. The second kappa shape index (κ2) is 1.10. The normalized spacial score (nSPS) is 9.50. The maximum absolute atomic E-state index is 4.95. The largest absolute Gasteiger partial charge is 0.288 e. The molecule has 3 N–H and O–H groups in total. The van der Waals surface area contributed by atoms with Crippen molar-refractivity contribution in [2.75, 3.05) is 9.48 Å². The van der Waals surface area contributed by atoms with Crippen molar-refractivity contribution < 1.29 is 4.63 Å². The molecule has 0 saturated carbocycles. The van der Waals surface area contributed by atoms with Crippen LogP contribution in [-0.2, 0) is 0 Å². The van der Waals surface area contributed by atoms with Gasteiger partial charge in [-0.2, -0.15) is 0 Å². The van der Waals surface area contributed by atoms with Gasteiger partial charge in [-0.15, -0.1) is 0 Å². The second-order valence-electron chi connectivity index (χ2n) is 0.742. The first-order chi connectivity index (χ1) is 2.84. The first-order valence-electron chi connectivity index (χ1n) is 1.24. The maximum atomic E-state index is 4.95. The summed E-state index contributed by atoms with van der Waals surface area (Å²) in [5.41, 5.74) is 0. The molecule has 0 aromatic carbocycles. The summed E-state index contributed by atoms with van der Waals surface area (Å²) in [5, 5.41) is 0. The molecule has 0 spiro atoms. The fourth-order valence-corrected chi connectivity index (χ4v) is 0.416. The van der Waals surface area contributed by atoms with Crippen molar-refractivity contribution in [2.24, 2.45) is 0 Å². The number of nitrogen functional groups attached to an aromatic ring is 1. The Morgan fingerprint density at radius 1 is 1.83 bits per heavy atom. The molecule has 1 heterocycles. The van der Waals surface area contributed by atoms with Gasteiger partial charge < -0.3 is 0 Å². The molecule has 5 nitrogen and oxygen atoms in total. The molecule has 0 unspecified atom stereocenters. The average Bonchev–Trinajstić information content (AvgIpc) is 2.19. The zero-order valence-electron chi connectivity index (χ0n) is 2.76. The quantitative estimate of drug-likeness (QED) is 0.366. The first kappa shape index (κ1) is 3.90. The summed E-state index contributed by atoms with van der Waals surface area (Å²) < 4.78 is 6.96. The third-order valence-electron chi connectivity index (χ3n) is 0.388. The Morgan fingerprint density at radius 3 is 2.33 bits per heavy atom. The van der Waals surface area contributed by atoms with Gasteiger partial charge in [-0.25, -0.2) is 8.27 Å². The van der Waals surface area contributed by atoms with E-state index in [-0.39, 0.29) is 0 Å². The number of aromatic nitrogens is 2. The SMILES string of the molecule is Nn1on1NI. The van der Waals surface area contributed by atoms with Crippen LogP contribution in [0.25, 0.3) is 0 Å². The van der Waals surface area contributed by atoms with E-state index in [4.69, 9.17) is 5.84 Å². The Bertz CT molecular complexity index is 114. The van der Waals surface area contributed by atoms with E-state index >= 15 is 0 Å². The fourth-order valence-electron chi connectivity index (χ4n) is 0.116. The van der Waals surface area contributed by atoms with E-state index in [0.29, 0.717) is 0 Å². The summed E-state index contributed by atoms with van der Waals surface area (Å²) in [6.07, 6.45) is 0. The van der Waals surface area contributed by atoms with Crippen molar-refractivity contribution >= 4 is 22.9 Å². The van der Waals surface area contributed by atoms with E-state index in [1.807, 2.05) is 22.9 Å². The molecule has 0 saturated heterocycles. The monoisotopic (exact) mass is 202 g/mol. The lowest BCUT2D eigenvalue weighted by molar-refractivity contribution is 0.459. The van der Waals surface area contributed by atoms with E-state index in [9.17, 15) is 0 Å². The van der Waals surface area contributed by atoms with Crippen LogP contribution in [0.2, 0.25) is 0 Å². The lowest BCUT2D eigenvalue weighted by atomic mass is 12.5. The summed E-state index contributed by atoms with van der Waals surface area (Å²) in [5.74, 6) is 4.95. The van der Waals surface area contributed by atoms with Crippen LogP contribution in [0, 0.1) is 0 Å². The molecule has 0 aliphatic carbocycles. The molecule has 6 heavy (non-hydrogen) atoms. The maximum Gasteiger partial charge on any atom is 0.0778 e. The van der Waals surface area contributed by atoms with Crippen molar-refractivity contribution in [3.8, 4) is 0 Å². The van der Waals surface area contributed by atoms with Crippen molar-refractivity contribution in [1.82, 2.24) is 9.93 Å². The van der Waals surface area contributed by atoms with Gasteiger partial charge in [0.15, 0.2) is 0 Å². The van der Waals surface area contributed by atoms with Crippen molar-refractivity contribution in [3.63, 3.8) is 0 Å². The molecule has 36 valence electrons. The highest BCUT2D eigenvalue weighted by molar-refractivity contribution is 14.1. The highest BCUT2D eigenvalue weighted by Gasteiger charge is 1.98. The second-order valence-corrected chi connectivity index (χ2v) is 1.22. The minimum absolute atomic E-state index is 1.06. The standard InChI is InChI=1S/H3IN4O/c1-3-5-4(2)6-5/h3H,2H2. The third kappa shape index (κ3) is 0.465. The minimum atomic E-state index is 1.06. The molecule has 0 aliphatic heterocycles. The molecular formula is H3IN4O. The van der Waals surface area contributed by atoms with E-state index in [0.717, 1.165) is 4.96 Å². The van der Waals surface area contributed by atoms with Crippen molar-refractivity contribution in [3.05, 3.63) is 0 Å². The van der Waals surface area contributed by atoms with Gasteiger partial charge >= 0.3 is 0 Å². The van der Waals surface area contributed by atoms with Crippen LogP contribution in [0.5, 0.6) is 0 Å². The van der Waals surface area contributed by atoms with Crippen LogP contribution < -0.4 is 9.48 Å². The number of halogens is 1. The molecule has 0 radical (unpaired) electrons. The Hall–Kier alpha value is -0.270. The topological polar surface area (TPSA) is 61.1 Å². The zero-order valence-corrected chi connectivity index (χ0v) is 4.92. The fraction of sp³-hybridized carbons (Fsp3) is 0. The predicted molar refractivity (Wildman–Crippen MR) is 28.2 cm³/mol. The number of hydrogen-bond acceptors (Lipinski definition) is 3. The average molecular weight is 202 g/mol. The van der Waals surface area contributed by atoms with Gasteiger partial charge in [-0.1, -0.05) is 0 Å². The number of hydrogen-bond donors (Lipinski definition) is 2. The minimum Gasteiger partial charge on any atom is -0.288 e. The van der Waals surface area contributed by atoms with Gasteiger partial charge in [-0.05, 0) is 0 Å². The van der Waals surface area contributed by atoms with Crippen LogP contribution in [0.15, 0.2) is 4.63 Å². The van der Waals surface area contributed by atoms with Gasteiger partial charge in [0, 0.05) is 9.93 Å². The molecule has 0 fully saturated rings. The van der Waals surface area contributed by atoms with Gasteiger partial charge in [-0.3, -0.25) is 5.84 Å². The lowest BCUT2D eigenvalue weighted by Gasteiger charge is -1.71. The van der Waals surface area contributed by atoms with Crippen LogP contribution in [-0.4, -0.2) is 9.93 Å². The number of nitrogens with two attached hydrogens (primary N) is 1. The molecule has 0 atom stereocenters. The van der Waals surface area contributed by atoms with Crippen LogP contribution in [0.1, 0.15) is 0 Å². The summed E-state index contributed by atoms with van der Waals surface area (Å²) in [4.78, 5) is 2.33. The molecule has 0 amide bonds. The van der Waals surface area contributed by atoms with Crippen LogP contribution >= 0.6 is 22.9 Å². The van der Waals surface area contributed by atoms with E-state index < -0.39 is 0 Å². The molecule has 6 heteroatoms. The van der Waals surface area contributed by atoms with Gasteiger partial charge in [0.2, 0.25) is 0 Å². The number of nitrogens with zero attached hydrogens (tertiary/aromatic N) is 2. The number of nitrogens with one attached hydrogen (secondary N) is 1. The van der Waals surface area contributed by atoms with Gasteiger partial charge in [0.1, 0.15) is 0 Å². The van der Waals surface area contributed by atoms with E-state index in [1.165, 1.54) is 4.96 Å². The van der Waals surface area contributed by atoms with Crippen molar-refractivity contribution in [2.45, 2.75) is 0 Å². The van der Waals surface area contributed by atoms with E-state index in [2.05, 4.69) is 8.27 Å². The molecule has 0 aliphatic rings. The summed E-state index contributed by atoms with van der Waals surface area (Å²) in [7, 11) is 0. The smallest absolute Gasteiger partial charge is 0.0778 e. The third-order valence-corrected chi connectivity index (χ3v) is 0.800. The molecule has 1 aromatic heterocycles. The summed E-state index contributed by atoms with van der Waals surface area (Å²) in [6.45, 7) is 0. The Balaban J connectivity index is 2.45. The van der Waals surface area contributed by atoms with Gasteiger partial charge in [0.05, 0.1) is 22.9 Å². The Morgan fingerprint density at radius 2 is 2.33 bits per heavy atom. The highest BCUT2D eigenvalue weighted by atomic mass is 127. The number of rotatable bonds is 1. The van der Waals surface area contributed by atoms with E-state index in [1.54, 1.807) is 0 Å². The molecular weight excluding hydrogens is 199 g/mol. The van der Waals surface area contributed by atoms with Gasteiger partial charge in [0.25, 0.3) is 0 Å². The predicted octanol–water partition coefficient (Wildman–Crippen LogP) is -0.510. The molecule has 1 rings (SSSR count).